The van der Waals surface area contributed by atoms with E-state index in [0.29, 0.717) is 49.6 Å². The molecule has 1 aromatic heterocycles. The minimum Gasteiger partial charge on any atom is -0.489 e. The van der Waals surface area contributed by atoms with Gasteiger partial charge < -0.3 is 24.1 Å². The van der Waals surface area contributed by atoms with Crippen LogP contribution in [-0.4, -0.2) is 43.0 Å². The van der Waals surface area contributed by atoms with Gasteiger partial charge in [0.15, 0.2) is 0 Å². The molecule has 0 aliphatic carbocycles. The first kappa shape index (κ1) is 23.4. The molecule has 0 unspecified atom stereocenters. The number of hydrogen-bond donors (Lipinski definition) is 1. The zero-order chi connectivity index (χ0) is 24.7. The summed E-state index contributed by atoms with van der Waals surface area (Å²) in [6.45, 7) is 2.41. The van der Waals surface area contributed by atoms with Gasteiger partial charge in [-0.05, 0) is 41.5 Å². The second kappa shape index (κ2) is 10.9. The highest BCUT2D eigenvalue weighted by Crippen LogP contribution is 2.32. The van der Waals surface area contributed by atoms with Crippen LogP contribution < -0.4 is 10.1 Å². The number of nitrogens with one attached hydrogen (secondary N) is 1. The Hall–Kier alpha value is -4.36. The van der Waals surface area contributed by atoms with Gasteiger partial charge in [-0.1, -0.05) is 54.6 Å². The number of ether oxygens (including phenoxy) is 2. The summed E-state index contributed by atoms with van der Waals surface area (Å²) in [6, 6.07) is 24.7. The van der Waals surface area contributed by atoms with Crippen LogP contribution >= 0.6 is 0 Å². The van der Waals surface area contributed by atoms with E-state index in [-0.39, 0.29) is 17.6 Å². The van der Waals surface area contributed by atoms with Gasteiger partial charge >= 0.3 is 0 Å². The first-order valence-electron chi connectivity index (χ1n) is 11.8. The second-order valence-corrected chi connectivity index (χ2v) is 8.37. The number of hydrogen-bond acceptors (Lipinski definition) is 5. The summed E-state index contributed by atoms with van der Waals surface area (Å²) in [4.78, 5) is 27.6. The molecule has 7 heteroatoms. The molecule has 4 aromatic rings. The molecule has 2 heterocycles. The zero-order valence-electron chi connectivity index (χ0n) is 19.7. The number of furan rings is 1. The van der Waals surface area contributed by atoms with Crippen LogP contribution in [-0.2, 0) is 16.1 Å². The molecule has 0 atom stereocenters. The van der Waals surface area contributed by atoms with Crippen molar-refractivity contribution in [1.29, 1.82) is 0 Å². The van der Waals surface area contributed by atoms with Crippen LogP contribution in [0.2, 0.25) is 0 Å². The average molecular weight is 483 g/mol. The molecule has 1 fully saturated rings. The standard InChI is InChI=1S/C29H26N2O5/c32-26(15-12-21-10-13-23(14-11-21)35-20-22-6-2-1-3-7-22)30-27-24-8-4-5-9-25(24)36-28(27)29(33)31-16-18-34-19-17-31/h1-15H,16-20H2,(H,30,32)/b15-12+. The van der Waals surface area contributed by atoms with Crippen molar-refractivity contribution in [2.24, 2.45) is 0 Å². The van der Waals surface area contributed by atoms with Gasteiger partial charge in [-0.3, -0.25) is 9.59 Å². The first-order chi connectivity index (χ1) is 17.7. The summed E-state index contributed by atoms with van der Waals surface area (Å²) in [5.74, 6) is 0.248. The van der Waals surface area contributed by atoms with Crippen LogP contribution in [0.4, 0.5) is 5.69 Å². The van der Waals surface area contributed by atoms with E-state index in [4.69, 9.17) is 13.9 Å². The molecule has 0 saturated carbocycles. The van der Waals surface area contributed by atoms with Gasteiger partial charge in [0.25, 0.3) is 5.91 Å². The third-order valence-electron chi connectivity index (χ3n) is 5.89. The first-order valence-corrected chi connectivity index (χ1v) is 11.8. The van der Waals surface area contributed by atoms with Crippen LogP contribution in [0.15, 0.2) is 89.4 Å². The number of nitrogens with zero attached hydrogens (tertiary/aromatic N) is 1. The van der Waals surface area contributed by atoms with Crippen molar-refractivity contribution in [1.82, 2.24) is 4.90 Å². The lowest BCUT2D eigenvalue weighted by molar-refractivity contribution is -0.111. The molecular formula is C29H26N2O5. The average Bonchev–Trinajstić information content (AvgIpc) is 3.30. The molecule has 0 bridgehead atoms. The Morgan fingerprint density at radius 3 is 2.42 bits per heavy atom. The maximum atomic E-state index is 13.1. The Labute approximate surface area is 208 Å². The van der Waals surface area contributed by atoms with Gasteiger partial charge in [-0.25, -0.2) is 0 Å². The van der Waals surface area contributed by atoms with Gasteiger partial charge in [0, 0.05) is 24.6 Å². The number of carbonyl (C=O) groups is 2. The summed E-state index contributed by atoms with van der Waals surface area (Å²) in [7, 11) is 0. The lowest BCUT2D eigenvalue weighted by Crippen LogP contribution is -2.40. The van der Waals surface area contributed by atoms with E-state index in [2.05, 4.69) is 5.32 Å². The lowest BCUT2D eigenvalue weighted by atomic mass is 10.2. The summed E-state index contributed by atoms with van der Waals surface area (Å²) in [6.07, 6.45) is 3.15. The van der Waals surface area contributed by atoms with Gasteiger partial charge in [-0.15, -0.1) is 0 Å². The van der Waals surface area contributed by atoms with Gasteiger partial charge in [0.05, 0.1) is 13.2 Å². The molecular weight excluding hydrogens is 456 g/mol. The smallest absolute Gasteiger partial charge is 0.291 e. The summed E-state index contributed by atoms with van der Waals surface area (Å²) in [5.41, 5.74) is 2.86. The maximum Gasteiger partial charge on any atom is 0.291 e. The van der Waals surface area contributed by atoms with Crippen molar-refractivity contribution < 1.29 is 23.5 Å². The van der Waals surface area contributed by atoms with Crippen molar-refractivity contribution in [3.8, 4) is 5.75 Å². The number of fused-ring (bicyclic) bond motifs is 1. The Morgan fingerprint density at radius 2 is 1.64 bits per heavy atom. The third kappa shape index (κ3) is 5.47. The van der Waals surface area contributed by atoms with Crippen molar-refractivity contribution >= 4 is 34.5 Å². The predicted octanol–water partition coefficient (Wildman–Crippen LogP) is 5.14. The Morgan fingerprint density at radius 1 is 0.917 bits per heavy atom. The highest BCUT2D eigenvalue weighted by atomic mass is 16.5. The Balaban J connectivity index is 1.27. The van der Waals surface area contributed by atoms with E-state index < -0.39 is 0 Å². The summed E-state index contributed by atoms with van der Waals surface area (Å²) < 4.78 is 17.0. The number of rotatable bonds is 7. The van der Waals surface area contributed by atoms with Crippen LogP contribution in [0.5, 0.6) is 5.75 Å². The van der Waals surface area contributed by atoms with Crippen molar-refractivity contribution in [2.45, 2.75) is 6.61 Å². The summed E-state index contributed by atoms with van der Waals surface area (Å²) in [5, 5.41) is 3.53. The SMILES string of the molecule is O=C(/C=C/c1ccc(OCc2ccccc2)cc1)Nc1c(C(=O)N2CCOCC2)oc2ccccc12. The van der Waals surface area contributed by atoms with Crippen LogP contribution in [0.3, 0.4) is 0 Å². The largest absolute Gasteiger partial charge is 0.489 e. The summed E-state index contributed by atoms with van der Waals surface area (Å²) >= 11 is 0. The topological polar surface area (TPSA) is 81.0 Å². The third-order valence-corrected chi connectivity index (χ3v) is 5.89. The monoisotopic (exact) mass is 482 g/mol. The molecule has 7 nitrogen and oxygen atoms in total. The van der Waals surface area contributed by atoms with Crippen molar-refractivity contribution in [3.63, 3.8) is 0 Å². The molecule has 5 rings (SSSR count). The van der Waals surface area contributed by atoms with E-state index in [0.717, 1.165) is 16.9 Å². The second-order valence-electron chi connectivity index (χ2n) is 8.37. The highest BCUT2D eigenvalue weighted by Gasteiger charge is 2.27. The number of benzene rings is 3. The van der Waals surface area contributed by atoms with Crippen LogP contribution in [0, 0.1) is 0 Å². The van der Waals surface area contributed by atoms with Crippen molar-refractivity contribution in [3.05, 3.63) is 102 Å². The fourth-order valence-electron chi connectivity index (χ4n) is 3.98. The van der Waals surface area contributed by atoms with E-state index >= 15 is 0 Å². The molecule has 0 radical (unpaired) electrons. The Bertz CT molecular complexity index is 1370. The predicted molar refractivity (Wildman–Crippen MR) is 138 cm³/mol. The fourth-order valence-corrected chi connectivity index (χ4v) is 3.98. The Kier molecular flexibility index (Phi) is 7.10. The van der Waals surface area contributed by atoms with Crippen molar-refractivity contribution in [2.75, 3.05) is 31.6 Å². The van der Waals surface area contributed by atoms with Gasteiger partial charge in [0.1, 0.15) is 23.6 Å². The quantitative estimate of drug-likeness (QED) is 0.369. The molecule has 2 amide bonds. The van der Waals surface area contributed by atoms with E-state index in [9.17, 15) is 9.59 Å². The zero-order valence-corrected chi connectivity index (χ0v) is 19.7. The number of para-hydroxylation sites is 1. The molecule has 1 saturated heterocycles. The minimum atomic E-state index is -0.359. The van der Waals surface area contributed by atoms with E-state index in [1.54, 1.807) is 17.0 Å². The van der Waals surface area contributed by atoms with Crippen LogP contribution in [0.1, 0.15) is 21.7 Å². The van der Waals surface area contributed by atoms with Gasteiger partial charge in [-0.2, -0.15) is 0 Å². The van der Waals surface area contributed by atoms with Crippen LogP contribution in [0.25, 0.3) is 17.0 Å². The maximum absolute atomic E-state index is 13.1. The molecule has 3 aromatic carbocycles. The molecule has 36 heavy (non-hydrogen) atoms. The number of amides is 2. The normalized spacial score (nSPS) is 13.7. The molecule has 182 valence electrons. The minimum absolute atomic E-state index is 0.125. The highest BCUT2D eigenvalue weighted by molar-refractivity contribution is 6.13. The van der Waals surface area contributed by atoms with Gasteiger partial charge in [0.2, 0.25) is 11.7 Å². The lowest BCUT2D eigenvalue weighted by Gasteiger charge is -2.26. The molecule has 1 aliphatic rings. The number of carbonyl (C=O) groups excluding carboxylic acids is 2. The van der Waals surface area contributed by atoms with E-state index in [1.165, 1.54) is 6.08 Å². The molecule has 1 aliphatic heterocycles. The molecule has 1 N–H and O–H groups in total. The molecule has 0 spiro atoms. The number of morpholine rings is 1. The fraction of sp³-hybridized carbons (Fsp3) is 0.172. The van der Waals surface area contributed by atoms with E-state index in [1.807, 2.05) is 72.8 Å². The number of anilines is 1.